The van der Waals surface area contributed by atoms with Crippen LogP contribution in [0, 0.1) is 6.92 Å². The van der Waals surface area contributed by atoms with Crippen LogP contribution in [0.4, 0.5) is 13.2 Å². The molecule has 2 aromatic carbocycles. The van der Waals surface area contributed by atoms with E-state index in [2.05, 4.69) is 15.6 Å². The number of rotatable bonds is 4. The van der Waals surface area contributed by atoms with Crippen LogP contribution in [0.1, 0.15) is 34.1 Å². The van der Waals surface area contributed by atoms with Crippen LogP contribution in [0.15, 0.2) is 58.4 Å². The molecule has 156 valence electrons. The summed E-state index contributed by atoms with van der Waals surface area (Å²) in [6.45, 7) is 3.10. The summed E-state index contributed by atoms with van der Waals surface area (Å²) in [6, 6.07) is 10.0. The minimum atomic E-state index is -4.48. The fraction of sp³-hybridized carbons (Fsp3) is 0.150. The molecular weight excluding hydrogens is 401 g/mol. The number of hydrogen-bond donors (Lipinski definition) is 3. The van der Waals surface area contributed by atoms with E-state index in [4.69, 9.17) is 0 Å². The van der Waals surface area contributed by atoms with Gasteiger partial charge in [0.05, 0.1) is 28.1 Å². The fourth-order valence-electron chi connectivity index (χ4n) is 2.87. The number of aromatic nitrogens is 2. The number of H-pyrrole nitrogens is 1. The maximum absolute atomic E-state index is 12.8. The maximum Gasteiger partial charge on any atom is 0.416 e. The highest BCUT2D eigenvalue weighted by Gasteiger charge is 2.30. The number of benzene rings is 2. The number of aryl methyl sites for hydroxylation is 1. The van der Waals surface area contributed by atoms with Crippen molar-refractivity contribution >= 4 is 11.6 Å². The summed E-state index contributed by atoms with van der Waals surface area (Å²) in [4.78, 5) is 24.9. The van der Waals surface area contributed by atoms with Crippen molar-refractivity contribution in [3.05, 3.63) is 81.3 Å². The molecule has 3 aromatic rings. The summed E-state index contributed by atoms with van der Waals surface area (Å²) < 4.78 is 39.3. The van der Waals surface area contributed by atoms with Crippen LogP contribution in [0.3, 0.4) is 0 Å². The van der Waals surface area contributed by atoms with Crippen molar-refractivity contribution in [2.24, 2.45) is 5.10 Å². The smallest absolute Gasteiger partial charge is 0.416 e. The summed E-state index contributed by atoms with van der Waals surface area (Å²) in [5.41, 5.74) is 1.89. The minimum Gasteiger partial charge on any atom is -0.507 e. The first-order valence-corrected chi connectivity index (χ1v) is 8.72. The molecule has 0 atom stereocenters. The van der Waals surface area contributed by atoms with E-state index >= 15 is 0 Å². The second-order valence-electron chi connectivity index (χ2n) is 6.45. The molecule has 0 unspecified atom stereocenters. The molecule has 10 heteroatoms. The lowest BCUT2D eigenvalue weighted by Crippen LogP contribution is -2.23. The van der Waals surface area contributed by atoms with Gasteiger partial charge in [0, 0.05) is 5.69 Å². The first-order valence-electron chi connectivity index (χ1n) is 8.72. The first-order chi connectivity index (χ1) is 14.1. The number of carbonyl (C=O) groups is 1. The lowest BCUT2D eigenvalue weighted by molar-refractivity contribution is -0.137. The summed E-state index contributed by atoms with van der Waals surface area (Å²) in [7, 11) is 0. The number of phenolic OH excluding ortho intramolecular Hbond substituents is 1. The Morgan fingerprint density at radius 2 is 1.77 bits per heavy atom. The molecule has 30 heavy (non-hydrogen) atoms. The van der Waals surface area contributed by atoms with E-state index in [1.807, 2.05) is 0 Å². The Morgan fingerprint density at radius 1 is 1.13 bits per heavy atom. The Morgan fingerprint density at radius 3 is 2.37 bits per heavy atom. The van der Waals surface area contributed by atoms with Gasteiger partial charge in [-0.1, -0.05) is 12.1 Å². The molecular formula is C20H17F3N4O3. The monoisotopic (exact) mass is 418 g/mol. The van der Waals surface area contributed by atoms with Crippen molar-refractivity contribution in [1.29, 1.82) is 0 Å². The number of alkyl halides is 3. The second-order valence-corrected chi connectivity index (χ2v) is 6.45. The average molecular weight is 418 g/mol. The largest absolute Gasteiger partial charge is 0.507 e. The van der Waals surface area contributed by atoms with E-state index in [1.54, 1.807) is 19.1 Å². The van der Waals surface area contributed by atoms with E-state index in [9.17, 15) is 27.9 Å². The number of phenols is 1. The van der Waals surface area contributed by atoms with Crippen molar-refractivity contribution in [3.8, 4) is 11.4 Å². The van der Waals surface area contributed by atoms with Gasteiger partial charge >= 0.3 is 6.18 Å². The number of nitrogens with one attached hydrogen (secondary N) is 2. The highest BCUT2D eigenvalue weighted by molar-refractivity contribution is 6.02. The minimum absolute atomic E-state index is 0.0157. The molecule has 1 aromatic heterocycles. The molecule has 3 rings (SSSR count). The fourth-order valence-corrected chi connectivity index (χ4v) is 2.87. The molecule has 0 saturated heterocycles. The Labute approximate surface area is 168 Å². The quantitative estimate of drug-likeness (QED) is 0.448. The van der Waals surface area contributed by atoms with Gasteiger partial charge in [0.2, 0.25) is 0 Å². The Hall–Kier alpha value is -3.82. The molecule has 0 aliphatic rings. The van der Waals surface area contributed by atoms with Gasteiger partial charge in [-0.05, 0) is 50.2 Å². The van der Waals surface area contributed by atoms with Crippen LogP contribution in [0.2, 0.25) is 0 Å². The molecule has 0 aliphatic carbocycles. The zero-order valence-electron chi connectivity index (χ0n) is 15.9. The van der Waals surface area contributed by atoms with E-state index in [1.165, 1.54) is 31.2 Å². The van der Waals surface area contributed by atoms with Gasteiger partial charge in [0.1, 0.15) is 5.75 Å². The predicted molar refractivity (Wildman–Crippen MR) is 104 cm³/mol. The number of amides is 1. The summed E-state index contributed by atoms with van der Waals surface area (Å²) in [5, 5.41) is 16.4. The third-order valence-corrected chi connectivity index (χ3v) is 4.36. The number of hydrazone groups is 1. The van der Waals surface area contributed by atoms with Gasteiger partial charge < -0.3 is 5.11 Å². The summed E-state index contributed by atoms with van der Waals surface area (Å²) in [6.07, 6.45) is -4.48. The molecule has 3 N–H and O–H groups in total. The lowest BCUT2D eigenvalue weighted by atomic mass is 10.2. The number of aromatic hydroxyl groups is 1. The van der Waals surface area contributed by atoms with Crippen LogP contribution in [0.25, 0.3) is 5.69 Å². The maximum atomic E-state index is 12.8. The number of aromatic amines is 1. The van der Waals surface area contributed by atoms with Gasteiger partial charge in [-0.2, -0.15) is 18.3 Å². The normalized spacial score (nSPS) is 12.1. The van der Waals surface area contributed by atoms with E-state index < -0.39 is 23.2 Å². The van der Waals surface area contributed by atoms with Crippen molar-refractivity contribution in [3.63, 3.8) is 0 Å². The van der Waals surface area contributed by atoms with Crippen molar-refractivity contribution in [2.45, 2.75) is 20.0 Å². The molecule has 1 amide bonds. The standard InChI is InChI=1S/C20H17F3N4O3/c1-11(24-25-18(29)15-5-3-4-6-16(15)28)17-12(2)26-27(19(17)30)14-9-7-13(8-10-14)20(21,22)23/h3-10,26,28H,1-2H3,(H,25,29). The molecule has 7 nitrogen and oxygen atoms in total. The number of nitrogens with zero attached hydrogens (tertiary/aromatic N) is 2. The lowest BCUT2D eigenvalue weighted by Gasteiger charge is -2.07. The number of carbonyl (C=O) groups excluding carboxylic acids is 1. The molecule has 0 saturated carbocycles. The van der Waals surface area contributed by atoms with Crippen LogP contribution >= 0.6 is 0 Å². The van der Waals surface area contributed by atoms with Gasteiger partial charge in [-0.3, -0.25) is 14.7 Å². The molecule has 0 radical (unpaired) electrons. The Bertz CT molecular complexity index is 1180. The van der Waals surface area contributed by atoms with Crippen LogP contribution in [-0.4, -0.2) is 26.5 Å². The van der Waals surface area contributed by atoms with Crippen molar-refractivity contribution in [2.75, 3.05) is 0 Å². The summed E-state index contributed by atoms with van der Waals surface area (Å²) >= 11 is 0. The first kappa shape index (κ1) is 20.9. The third-order valence-electron chi connectivity index (χ3n) is 4.36. The topological polar surface area (TPSA) is 99.5 Å². The number of hydrogen-bond acceptors (Lipinski definition) is 4. The summed E-state index contributed by atoms with van der Waals surface area (Å²) in [5.74, 6) is -0.881. The molecule has 0 aliphatic heterocycles. The van der Waals surface area contributed by atoms with Crippen LogP contribution < -0.4 is 11.0 Å². The highest BCUT2D eigenvalue weighted by Crippen LogP contribution is 2.29. The van der Waals surface area contributed by atoms with Gasteiger partial charge in [-0.15, -0.1) is 0 Å². The molecule has 0 fully saturated rings. The molecule has 0 spiro atoms. The van der Waals surface area contributed by atoms with Gasteiger partial charge in [-0.25, -0.2) is 10.1 Å². The predicted octanol–water partition coefficient (Wildman–Crippen LogP) is 3.35. The zero-order valence-corrected chi connectivity index (χ0v) is 15.9. The van der Waals surface area contributed by atoms with Crippen LogP contribution in [-0.2, 0) is 6.18 Å². The molecule has 1 heterocycles. The molecule has 0 bridgehead atoms. The van der Waals surface area contributed by atoms with Crippen molar-refractivity contribution < 1.29 is 23.1 Å². The number of halogens is 3. The highest BCUT2D eigenvalue weighted by atomic mass is 19.4. The van der Waals surface area contributed by atoms with E-state index in [-0.39, 0.29) is 28.3 Å². The van der Waals surface area contributed by atoms with Gasteiger partial charge in [0.25, 0.3) is 11.5 Å². The van der Waals surface area contributed by atoms with E-state index in [0.717, 1.165) is 16.8 Å². The second kappa shape index (κ2) is 7.90. The SMILES string of the molecule is CC(=NNC(=O)c1ccccc1O)c1c(C)[nH]n(-c2ccc(C(F)(F)F)cc2)c1=O. The van der Waals surface area contributed by atoms with Crippen LogP contribution in [0.5, 0.6) is 5.75 Å². The van der Waals surface area contributed by atoms with Crippen molar-refractivity contribution in [1.82, 2.24) is 15.2 Å². The zero-order chi connectivity index (χ0) is 22.1. The van der Waals surface area contributed by atoms with E-state index in [0.29, 0.717) is 5.69 Å². The number of para-hydroxylation sites is 1. The average Bonchev–Trinajstić information content (AvgIpc) is 3.00. The third kappa shape index (κ3) is 4.12. The van der Waals surface area contributed by atoms with Gasteiger partial charge in [0.15, 0.2) is 0 Å². The Balaban J connectivity index is 1.88. The Kier molecular flexibility index (Phi) is 5.50.